The van der Waals surface area contributed by atoms with Gasteiger partial charge in [-0.2, -0.15) is 0 Å². The third-order valence-electron chi connectivity index (χ3n) is 4.23. The van der Waals surface area contributed by atoms with Crippen LogP contribution >= 0.6 is 11.9 Å². The van der Waals surface area contributed by atoms with Gasteiger partial charge in [-0.25, -0.2) is 18.7 Å². The number of hydrogen-bond acceptors (Lipinski definition) is 7. The molecule has 0 radical (unpaired) electrons. The largest absolute Gasteiger partial charge is 0.373 e. The van der Waals surface area contributed by atoms with Gasteiger partial charge in [0, 0.05) is 31.4 Å². The molecule has 0 bridgehead atoms. The second-order valence-electron chi connectivity index (χ2n) is 6.17. The minimum Gasteiger partial charge on any atom is -0.373 e. The van der Waals surface area contributed by atoms with Gasteiger partial charge in [0.2, 0.25) is 0 Å². The second-order valence-corrected chi connectivity index (χ2v) is 6.86. The number of halogens is 2. The fourth-order valence-corrected chi connectivity index (χ4v) is 3.15. The van der Waals surface area contributed by atoms with Crippen LogP contribution in [-0.4, -0.2) is 65.7 Å². The number of H-pyrrole nitrogens is 1. The van der Waals surface area contributed by atoms with Crippen molar-refractivity contribution in [2.75, 3.05) is 37.4 Å². The Kier molecular flexibility index (Phi) is 7.12. The van der Waals surface area contributed by atoms with Crippen molar-refractivity contribution in [3.8, 4) is 11.3 Å². The number of rotatable bonds is 8. The number of nitrogens with one attached hydrogen (secondary N) is 3. The van der Waals surface area contributed by atoms with Crippen LogP contribution in [0.15, 0.2) is 30.6 Å². The SMILES string of the molecule is CSNCC1CN(c2cc(-c3cnc(/C=C\C(=N)C(F)F)[nH]3)ccn2)CCO1. The Balaban J connectivity index is 1.70. The molecule has 3 N–H and O–H groups in total. The van der Waals surface area contributed by atoms with Crippen molar-refractivity contribution in [1.29, 1.82) is 5.41 Å². The summed E-state index contributed by atoms with van der Waals surface area (Å²) >= 11 is 1.57. The predicted molar refractivity (Wildman–Crippen MR) is 108 cm³/mol. The molecule has 0 spiro atoms. The van der Waals surface area contributed by atoms with Gasteiger partial charge in [0.15, 0.2) is 0 Å². The van der Waals surface area contributed by atoms with E-state index in [1.165, 1.54) is 6.08 Å². The molecular formula is C18H22F2N6OS. The highest BCUT2D eigenvalue weighted by Crippen LogP contribution is 2.23. The summed E-state index contributed by atoms with van der Waals surface area (Å²) < 4.78 is 33.8. The lowest BCUT2D eigenvalue weighted by Gasteiger charge is -2.33. The lowest BCUT2D eigenvalue weighted by Crippen LogP contribution is -2.46. The normalized spacial score (nSPS) is 17.6. The first-order chi connectivity index (χ1) is 13.6. The zero-order valence-electron chi connectivity index (χ0n) is 15.4. The maximum Gasteiger partial charge on any atom is 0.279 e. The molecule has 1 aliphatic heterocycles. The molecule has 7 nitrogen and oxygen atoms in total. The van der Waals surface area contributed by atoms with Crippen LogP contribution in [0.2, 0.25) is 0 Å². The van der Waals surface area contributed by atoms with Crippen molar-refractivity contribution in [1.82, 2.24) is 19.7 Å². The summed E-state index contributed by atoms with van der Waals surface area (Å²) in [6, 6.07) is 3.82. The average Bonchev–Trinajstić information content (AvgIpc) is 3.20. The molecule has 1 fully saturated rings. The topological polar surface area (TPSA) is 89.9 Å². The van der Waals surface area contributed by atoms with Crippen LogP contribution in [0.25, 0.3) is 17.3 Å². The standard InChI is InChI=1S/C18H22F2N6OS/c1-28-24-9-13-11-26(6-7-27-13)17-8-12(4-5-22-17)15-10-23-16(25-15)3-2-14(21)18(19)20/h2-5,8,10,13,18,21,24H,6-7,9,11H2,1H3,(H,23,25)/b3-2-,21-14?. The number of morpholine rings is 1. The van der Waals surface area contributed by atoms with Crippen LogP contribution in [0, 0.1) is 5.41 Å². The van der Waals surface area contributed by atoms with Crippen molar-refractivity contribution < 1.29 is 13.5 Å². The molecule has 2 aromatic heterocycles. The first-order valence-corrected chi connectivity index (χ1v) is 9.98. The molecule has 28 heavy (non-hydrogen) atoms. The number of aromatic amines is 1. The van der Waals surface area contributed by atoms with E-state index in [2.05, 4.69) is 24.6 Å². The zero-order chi connectivity index (χ0) is 19.9. The lowest BCUT2D eigenvalue weighted by atomic mass is 10.2. The van der Waals surface area contributed by atoms with Gasteiger partial charge in [0.1, 0.15) is 11.6 Å². The Morgan fingerprint density at radius 2 is 2.39 bits per heavy atom. The van der Waals surface area contributed by atoms with Gasteiger partial charge in [-0.05, 0) is 30.5 Å². The molecule has 2 aromatic rings. The maximum atomic E-state index is 12.4. The van der Waals surface area contributed by atoms with Gasteiger partial charge < -0.3 is 14.6 Å². The van der Waals surface area contributed by atoms with E-state index in [1.54, 1.807) is 24.3 Å². The molecule has 0 saturated carbocycles. The number of anilines is 1. The molecule has 150 valence electrons. The highest BCUT2D eigenvalue weighted by atomic mass is 32.2. The Bertz CT molecular complexity index is 828. The number of pyridine rings is 1. The lowest BCUT2D eigenvalue weighted by molar-refractivity contribution is 0.0444. The van der Waals surface area contributed by atoms with Gasteiger partial charge >= 0.3 is 0 Å². The Hall–Kier alpha value is -2.30. The van der Waals surface area contributed by atoms with Gasteiger partial charge in [-0.15, -0.1) is 0 Å². The molecule has 3 heterocycles. The number of alkyl halides is 2. The van der Waals surface area contributed by atoms with Crippen molar-refractivity contribution in [3.05, 3.63) is 36.4 Å². The minimum atomic E-state index is -2.79. The van der Waals surface area contributed by atoms with Crippen LogP contribution in [0.3, 0.4) is 0 Å². The van der Waals surface area contributed by atoms with Crippen LogP contribution in [0.1, 0.15) is 5.82 Å². The first kappa shape index (κ1) is 20.4. The molecule has 0 aliphatic carbocycles. The number of hydrogen-bond donors (Lipinski definition) is 3. The molecule has 1 atom stereocenters. The van der Waals surface area contributed by atoms with Crippen LogP contribution < -0.4 is 9.62 Å². The molecule has 3 rings (SSSR count). The van der Waals surface area contributed by atoms with Crippen molar-refractivity contribution in [3.63, 3.8) is 0 Å². The van der Waals surface area contributed by atoms with Crippen LogP contribution in [0.4, 0.5) is 14.6 Å². The number of nitrogens with zero attached hydrogens (tertiary/aromatic N) is 3. The molecule has 1 aliphatic rings. The number of allylic oxidation sites excluding steroid dienone is 1. The summed E-state index contributed by atoms with van der Waals surface area (Å²) in [4.78, 5) is 13.9. The van der Waals surface area contributed by atoms with E-state index < -0.39 is 12.1 Å². The summed E-state index contributed by atoms with van der Waals surface area (Å²) in [6.07, 6.45) is 5.06. The maximum absolute atomic E-state index is 12.4. The number of imidazole rings is 1. The average molecular weight is 408 g/mol. The third-order valence-corrected chi connectivity index (χ3v) is 4.68. The summed E-state index contributed by atoms with van der Waals surface area (Å²) in [5.41, 5.74) is 0.897. The summed E-state index contributed by atoms with van der Waals surface area (Å²) in [5, 5.41) is 7.16. The molecule has 0 aromatic carbocycles. The van der Waals surface area contributed by atoms with Crippen LogP contribution in [-0.2, 0) is 4.74 Å². The number of ether oxygens (including phenoxy) is 1. The summed E-state index contributed by atoms with van der Waals surface area (Å²) in [7, 11) is 0. The quantitative estimate of drug-likeness (QED) is 0.460. The van der Waals surface area contributed by atoms with Crippen LogP contribution in [0.5, 0.6) is 0 Å². The van der Waals surface area contributed by atoms with Crippen molar-refractivity contribution >= 4 is 29.6 Å². The molecule has 0 amide bonds. The van der Waals surface area contributed by atoms with E-state index >= 15 is 0 Å². The molecular weight excluding hydrogens is 386 g/mol. The smallest absolute Gasteiger partial charge is 0.279 e. The second kappa shape index (κ2) is 9.76. The fourth-order valence-electron chi connectivity index (χ4n) is 2.80. The van der Waals surface area contributed by atoms with Gasteiger partial charge in [-0.1, -0.05) is 11.9 Å². The van der Waals surface area contributed by atoms with Crippen molar-refractivity contribution in [2.45, 2.75) is 12.5 Å². The third kappa shape index (κ3) is 5.37. The van der Waals surface area contributed by atoms with E-state index in [4.69, 9.17) is 10.1 Å². The Morgan fingerprint density at radius 3 is 3.18 bits per heavy atom. The molecule has 1 saturated heterocycles. The molecule has 10 heteroatoms. The first-order valence-electron chi connectivity index (χ1n) is 8.75. The summed E-state index contributed by atoms with van der Waals surface area (Å²) in [5.74, 6) is 1.26. The minimum absolute atomic E-state index is 0.0979. The van der Waals surface area contributed by atoms with E-state index in [1.807, 2.05) is 18.4 Å². The molecule has 1 unspecified atom stereocenters. The Morgan fingerprint density at radius 1 is 1.54 bits per heavy atom. The highest BCUT2D eigenvalue weighted by Gasteiger charge is 2.21. The van der Waals surface area contributed by atoms with E-state index in [0.29, 0.717) is 12.4 Å². The number of aromatic nitrogens is 3. The van der Waals surface area contributed by atoms with E-state index in [-0.39, 0.29) is 6.10 Å². The van der Waals surface area contributed by atoms with Gasteiger partial charge in [-0.3, -0.25) is 10.1 Å². The summed E-state index contributed by atoms with van der Waals surface area (Å²) in [6.45, 7) is 2.92. The predicted octanol–water partition coefficient (Wildman–Crippen LogP) is 2.84. The van der Waals surface area contributed by atoms with E-state index in [0.717, 1.165) is 42.8 Å². The highest BCUT2D eigenvalue weighted by molar-refractivity contribution is 7.96. The van der Waals surface area contributed by atoms with E-state index in [9.17, 15) is 8.78 Å². The fraction of sp³-hybridized carbons (Fsp3) is 0.389. The van der Waals surface area contributed by atoms with Gasteiger partial charge in [0.25, 0.3) is 6.43 Å². The monoisotopic (exact) mass is 408 g/mol. The zero-order valence-corrected chi connectivity index (χ0v) is 16.2. The Labute approximate surface area is 166 Å². The van der Waals surface area contributed by atoms with Gasteiger partial charge in [0.05, 0.1) is 30.3 Å². The van der Waals surface area contributed by atoms with Crippen molar-refractivity contribution in [2.24, 2.45) is 0 Å².